The third-order valence-electron chi connectivity index (χ3n) is 2.95. The van der Waals surface area contributed by atoms with Crippen LogP contribution < -0.4 is 5.32 Å². The lowest BCUT2D eigenvalue weighted by molar-refractivity contribution is -0.0419. The van der Waals surface area contributed by atoms with E-state index in [-0.39, 0.29) is 0 Å². The highest BCUT2D eigenvalue weighted by Gasteiger charge is 2.23. The normalized spacial score (nSPS) is 30.5. The molecule has 0 bridgehead atoms. The Kier molecular flexibility index (Phi) is 4.32. The van der Waals surface area contributed by atoms with Crippen LogP contribution in [0.1, 0.15) is 31.7 Å². The summed E-state index contributed by atoms with van der Waals surface area (Å²) in [5.74, 6) is 0. The van der Waals surface area contributed by atoms with Gasteiger partial charge in [0.1, 0.15) is 0 Å². The van der Waals surface area contributed by atoms with Crippen LogP contribution in [0.25, 0.3) is 0 Å². The first-order chi connectivity index (χ1) is 7.74. The topological polar surface area (TPSA) is 34.2 Å². The molecule has 2 atom stereocenters. The minimum Gasteiger partial charge on any atom is -0.375 e. The molecule has 1 N–H and O–H groups in total. The van der Waals surface area contributed by atoms with Gasteiger partial charge in [-0.05, 0) is 26.7 Å². The van der Waals surface area contributed by atoms with E-state index in [0.717, 1.165) is 25.8 Å². The predicted octanol–water partition coefficient (Wildman–Crippen LogP) is 2.23. The van der Waals surface area contributed by atoms with Crippen molar-refractivity contribution in [3.8, 4) is 0 Å². The first kappa shape index (κ1) is 12.0. The largest absolute Gasteiger partial charge is 0.375 e. The molecular weight excluding hydrogens is 220 g/mol. The van der Waals surface area contributed by atoms with Gasteiger partial charge < -0.3 is 10.1 Å². The zero-order valence-corrected chi connectivity index (χ0v) is 10.8. The van der Waals surface area contributed by atoms with Crippen molar-refractivity contribution >= 4 is 11.3 Å². The monoisotopic (exact) mass is 240 g/mol. The molecule has 0 radical (unpaired) electrons. The molecule has 3 nitrogen and oxygen atoms in total. The molecule has 1 aliphatic rings. The van der Waals surface area contributed by atoms with E-state index in [1.165, 1.54) is 5.01 Å². The molecule has 1 fully saturated rings. The maximum atomic E-state index is 5.72. The number of nitrogens with one attached hydrogen (secondary N) is 1. The van der Waals surface area contributed by atoms with Crippen LogP contribution in [0.2, 0.25) is 0 Å². The quantitative estimate of drug-likeness (QED) is 0.876. The Hall–Kier alpha value is -0.450. The molecule has 0 amide bonds. The van der Waals surface area contributed by atoms with Crippen LogP contribution in [0.15, 0.2) is 11.6 Å². The first-order valence-electron chi connectivity index (χ1n) is 6.01. The van der Waals surface area contributed by atoms with Crippen LogP contribution in [0.3, 0.4) is 0 Å². The highest BCUT2D eigenvalue weighted by Crippen LogP contribution is 2.18. The number of nitrogens with zero attached hydrogens (tertiary/aromatic N) is 1. The number of hydrogen-bond donors (Lipinski definition) is 1. The molecule has 4 heteroatoms. The summed E-state index contributed by atoms with van der Waals surface area (Å²) in [5.41, 5.74) is 0. The molecule has 90 valence electrons. The van der Waals surface area contributed by atoms with E-state index in [2.05, 4.69) is 24.1 Å². The minimum absolute atomic E-state index is 0.390. The second kappa shape index (κ2) is 5.75. The highest BCUT2D eigenvalue weighted by atomic mass is 32.1. The number of ether oxygens (including phenoxy) is 1. The van der Waals surface area contributed by atoms with Gasteiger partial charge in [-0.15, -0.1) is 11.3 Å². The van der Waals surface area contributed by atoms with E-state index in [1.807, 2.05) is 11.6 Å². The van der Waals surface area contributed by atoms with Gasteiger partial charge in [0.05, 0.1) is 17.2 Å². The van der Waals surface area contributed by atoms with Gasteiger partial charge in [0.15, 0.2) is 0 Å². The SMILES string of the molecule is CC1CC(NCCc2nccs2)CC(C)O1. The Bertz CT molecular complexity index is 292. The molecule has 1 aromatic rings. The van der Waals surface area contributed by atoms with Crippen LogP contribution in [0.5, 0.6) is 0 Å². The Morgan fingerprint density at radius 3 is 2.81 bits per heavy atom. The lowest BCUT2D eigenvalue weighted by Gasteiger charge is -2.32. The maximum absolute atomic E-state index is 5.72. The molecule has 0 saturated carbocycles. The van der Waals surface area contributed by atoms with Crippen molar-refractivity contribution in [1.82, 2.24) is 10.3 Å². The molecule has 0 aliphatic carbocycles. The van der Waals surface area contributed by atoms with Gasteiger partial charge in [0.2, 0.25) is 0 Å². The van der Waals surface area contributed by atoms with Gasteiger partial charge in [-0.2, -0.15) is 0 Å². The average molecular weight is 240 g/mol. The second-order valence-corrected chi connectivity index (χ2v) is 5.53. The van der Waals surface area contributed by atoms with E-state index in [0.29, 0.717) is 18.2 Å². The summed E-state index contributed by atoms with van der Waals surface area (Å²) in [5, 5.41) is 6.87. The second-order valence-electron chi connectivity index (χ2n) is 4.56. The van der Waals surface area contributed by atoms with E-state index in [9.17, 15) is 0 Å². The van der Waals surface area contributed by atoms with Gasteiger partial charge >= 0.3 is 0 Å². The minimum atomic E-state index is 0.390. The summed E-state index contributed by atoms with van der Waals surface area (Å²) >= 11 is 1.73. The first-order valence-corrected chi connectivity index (χ1v) is 6.89. The third-order valence-corrected chi connectivity index (χ3v) is 3.79. The predicted molar refractivity (Wildman–Crippen MR) is 66.9 cm³/mol. The van der Waals surface area contributed by atoms with Crippen molar-refractivity contribution in [2.24, 2.45) is 0 Å². The number of rotatable bonds is 4. The highest BCUT2D eigenvalue weighted by molar-refractivity contribution is 7.09. The molecule has 1 aliphatic heterocycles. The van der Waals surface area contributed by atoms with Crippen molar-refractivity contribution in [3.63, 3.8) is 0 Å². The summed E-state index contributed by atoms with van der Waals surface area (Å²) in [6.45, 7) is 5.34. The smallest absolute Gasteiger partial charge is 0.0937 e. The summed E-state index contributed by atoms with van der Waals surface area (Å²) in [6, 6.07) is 0.610. The van der Waals surface area contributed by atoms with E-state index < -0.39 is 0 Å². The Balaban J connectivity index is 1.69. The van der Waals surface area contributed by atoms with Gasteiger partial charge in [-0.1, -0.05) is 0 Å². The van der Waals surface area contributed by atoms with Gasteiger partial charge in [-0.25, -0.2) is 4.98 Å². The van der Waals surface area contributed by atoms with Crippen molar-refractivity contribution in [1.29, 1.82) is 0 Å². The summed E-state index contributed by atoms with van der Waals surface area (Å²) in [7, 11) is 0. The van der Waals surface area contributed by atoms with E-state index >= 15 is 0 Å². The number of thiazole rings is 1. The molecule has 2 heterocycles. The van der Waals surface area contributed by atoms with Gasteiger partial charge in [0.25, 0.3) is 0 Å². The fraction of sp³-hybridized carbons (Fsp3) is 0.750. The van der Waals surface area contributed by atoms with Crippen LogP contribution >= 0.6 is 11.3 Å². The van der Waals surface area contributed by atoms with Crippen molar-refractivity contribution in [3.05, 3.63) is 16.6 Å². The molecule has 1 aromatic heterocycles. The zero-order chi connectivity index (χ0) is 11.4. The van der Waals surface area contributed by atoms with Crippen LogP contribution in [0.4, 0.5) is 0 Å². The van der Waals surface area contributed by atoms with E-state index in [4.69, 9.17) is 4.74 Å². The Morgan fingerprint density at radius 2 is 2.19 bits per heavy atom. The van der Waals surface area contributed by atoms with E-state index in [1.54, 1.807) is 11.3 Å². The number of hydrogen-bond acceptors (Lipinski definition) is 4. The lowest BCUT2D eigenvalue weighted by Crippen LogP contribution is -2.41. The van der Waals surface area contributed by atoms with Crippen molar-refractivity contribution < 1.29 is 4.74 Å². The zero-order valence-electron chi connectivity index (χ0n) is 9.98. The fourth-order valence-corrected chi connectivity index (χ4v) is 2.95. The Morgan fingerprint density at radius 1 is 1.44 bits per heavy atom. The van der Waals surface area contributed by atoms with Crippen LogP contribution in [0, 0.1) is 0 Å². The molecule has 2 unspecified atom stereocenters. The van der Waals surface area contributed by atoms with Crippen LogP contribution in [-0.4, -0.2) is 29.8 Å². The Labute approximate surface area is 101 Å². The molecule has 1 saturated heterocycles. The van der Waals surface area contributed by atoms with Crippen molar-refractivity contribution in [2.45, 2.75) is 51.4 Å². The average Bonchev–Trinajstić information content (AvgIpc) is 2.69. The van der Waals surface area contributed by atoms with Gasteiger partial charge in [0, 0.05) is 30.6 Å². The molecule has 16 heavy (non-hydrogen) atoms. The maximum Gasteiger partial charge on any atom is 0.0937 e. The summed E-state index contributed by atoms with van der Waals surface area (Å²) in [4.78, 5) is 4.28. The third kappa shape index (κ3) is 3.54. The van der Waals surface area contributed by atoms with Crippen molar-refractivity contribution in [2.75, 3.05) is 6.54 Å². The summed E-state index contributed by atoms with van der Waals surface area (Å²) in [6.07, 6.45) is 5.95. The fourth-order valence-electron chi connectivity index (χ4n) is 2.33. The van der Waals surface area contributed by atoms with Gasteiger partial charge in [-0.3, -0.25) is 0 Å². The standard InChI is InChI=1S/C12H20N2OS/c1-9-7-11(8-10(2)15-9)13-4-3-12-14-5-6-16-12/h5-6,9-11,13H,3-4,7-8H2,1-2H3. The molecule has 0 spiro atoms. The number of aromatic nitrogens is 1. The van der Waals surface area contributed by atoms with Crippen LogP contribution in [-0.2, 0) is 11.2 Å². The molecule has 2 rings (SSSR count). The lowest BCUT2D eigenvalue weighted by atomic mass is 10.00. The summed E-state index contributed by atoms with van der Waals surface area (Å²) < 4.78 is 5.72. The molecule has 0 aromatic carbocycles. The molecular formula is C12H20N2OS.